The van der Waals surface area contributed by atoms with Crippen molar-refractivity contribution in [2.24, 2.45) is 0 Å². The van der Waals surface area contributed by atoms with Crippen molar-refractivity contribution in [3.8, 4) is 0 Å². The highest BCUT2D eigenvalue weighted by Gasteiger charge is 2.22. The summed E-state index contributed by atoms with van der Waals surface area (Å²) in [5.41, 5.74) is 0. The van der Waals surface area contributed by atoms with Crippen LogP contribution in [-0.2, 0) is 0 Å². The highest BCUT2D eigenvalue weighted by Crippen LogP contribution is 2.03. The average Bonchev–Trinajstić information content (AvgIpc) is 2.41. The first-order valence-corrected chi connectivity index (χ1v) is 7.66. The fourth-order valence-corrected chi connectivity index (χ4v) is 1.71. The van der Waals surface area contributed by atoms with Crippen LogP contribution in [0.15, 0.2) is 0 Å². The van der Waals surface area contributed by atoms with E-state index in [9.17, 15) is 9.59 Å². The molecule has 1 N–H and O–H groups in total. The van der Waals surface area contributed by atoms with Gasteiger partial charge >= 0.3 is 12.1 Å². The molecule has 21 heavy (non-hydrogen) atoms. The topological polar surface area (TPSA) is 55.9 Å². The van der Waals surface area contributed by atoms with Crippen LogP contribution in [0.25, 0.3) is 0 Å². The number of urea groups is 2. The van der Waals surface area contributed by atoms with E-state index in [0.29, 0.717) is 13.1 Å². The zero-order valence-electron chi connectivity index (χ0n) is 14.8. The highest BCUT2D eigenvalue weighted by atomic mass is 16.2. The Labute approximate surface area is 129 Å². The first-order chi connectivity index (χ1) is 9.61. The summed E-state index contributed by atoms with van der Waals surface area (Å²) in [5, 5.41) is 2.92. The van der Waals surface area contributed by atoms with Gasteiger partial charge in [-0.05, 0) is 41.5 Å². The lowest BCUT2D eigenvalue weighted by molar-refractivity contribution is 0.148. The van der Waals surface area contributed by atoms with E-state index in [4.69, 9.17) is 0 Å². The summed E-state index contributed by atoms with van der Waals surface area (Å²) in [6.45, 7) is 12.9. The predicted molar refractivity (Wildman–Crippen MR) is 86.4 cm³/mol. The Balaban J connectivity index is 4.55. The number of nitrogens with zero attached hydrogens (tertiary/aromatic N) is 3. The smallest absolute Gasteiger partial charge is 0.320 e. The van der Waals surface area contributed by atoms with E-state index in [1.807, 2.05) is 41.5 Å². The minimum Gasteiger partial charge on any atom is -0.334 e. The monoisotopic (exact) mass is 300 g/mol. The van der Waals surface area contributed by atoms with Gasteiger partial charge in [0.15, 0.2) is 0 Å². The van der Waals surface area contributed by atoms with E-state index in [1.165, 1.54) is 0 Å². The maximum Gasteiger partial charge on any atom is 0.320 e. The second-order valence-corrected chi connectivity index (χ2v) is 6.08. The van der Waals surface area contributed by atoms with Crippen molar-refractivity contribution in [3.05, 3.63) is 0 Å². The van der Waals surface area contributed by atoms with Gasteiger partial charge in [0.25, 0.3) is 0 Å². The van der Waals surface area contributed by atoms with Gasteiger partial charge in [-0.3, -0.25) is 0 Å². The van der Waals surface area contributed by atoms with E-state index in [-0.39, 0.29) is 30.2 Å². The Morgan fingerprint density at radius 1 is 0.952 bits per heavy atom. The van der Waals surface area contributed by atoms with Gasteiger partial charge in [0, 0.05) is 45.3 Å². The standard InChI is InChI=1S/C15H32N4O2/c1-9-19(15(21)18(8)12(4)5)10-13(6)16-14(20)17(7)11(2)3/h11-13H,9-10H2,1-8H3,(H,16,20)/t13-/m0/s1. The van der Waals surface area contributed by atoms with Gasteiger partial charge in [-0.15, -0.1) is 0 Å². The molecule has 0 fully saturated rings. The normalized spacial score (nSPS) is 12.3. The van der Waals surface area contributed by atoms with Crippen molar-refractivity contribution < 1.29 is 9.59 Å². The van der Waals surface area contributed by atoms with Crippen LogP contribution >= 0.6 is 0 Å². The van der Waals surface area contributed by atoms with Crippen LogP contribution in [0.5, 0.6) is 0 Å². The molecule has 1 atom stereocenters. The second kappa shape index (κ2) is 8.74. The molecule has 0 aliphatic rings. The van der Waals surface area contributed by atoms with Crippen LogP contribution in [-0.4, -0.2) is 72.1 Å². The van der Waals surface area contributed by atoms with E-state index in [1.54, 1.807) is 28.8 Å². The third-order valence-electron chi connectivity index (χ3n) is 3.69. The van der Waals surface area contributed by atoms with Gasteiger partial charge in [-0.25, -0.2) is 9.59 Å². The summed E-state index contributed by atoms with van der Waals surface area (Å²) in [6, 6.07) is 0.0869. The number of hydrogen-bond acceptors (Lipinski definition) is 2. The molecule has 0 aromatic carbocycles. The Hall–Kier alpha value is -1.46. The Morgan fingerprint density at radius 3 is 1.81 bits per heavy atom. The Morgan fingerprint density at radius 2 is 1.43 bits per heavy atom. The van der Waals surface area contributed by atoms with Crippen LogP contribution in [0.3, 0.4) is 0 Å². The van der Waals surface area contributed by atoms with Gasteiger partial charge in [0.1, 0.15) is 0 Å². The molecule has 124 valence electrons. The largest absolute Gasteiger partial charge is 0.334 e. The molecule has 0 saturated heterocycles. The summed E-state index contributed by atoms with van der Waals surface area (Å²) in [5.74, 6) is 0. The SMILES string of the molecule is CCN(C[C@H](C)NC(=O)N(C)C(C)C)C(=O)N(C)C(C)C. The predicted octanol–water partition coefficient (Wildman–Crippen LogP) is 2.21. The van der Waals surface area contributed by atoms with Crippen LogP contribution in [0.4, 0.5) is 9.59 Å². The number of carbonyl (C=O) groups excluding carboxylic acids is 2. The molecule has 0 aliphatic heterocycles. The Bertz CT molecular complexity index is 345. The second-order valence-electron chi connectivity index (χ2n) is 6.08. The summed E-state index contributed by atoms with van der Waals surface area (Å²) >= 11 is 0. The molecule has 0 rings (SSSR count). The minimum atomic E-state index is -0.113. The van der Waals surface area contributed by atoms with Gasteiger partial charge in [-0.2, -0.15) is 0 Å². The number of nitrogens with one attached hydrogen (secondary N) is 1. The zero-order chi connectivity index (χ0) is 16.7. The molecule has 4 amide bonds. The van der Waals surface area contributed by atoms with E-state index >= 15 is 0 Å². The van der Waals surface area contributed by atoms with Gasteiger partial charge in [0.05, 0.1) is 0 Å². The lowest BCUT2D eigenvalue weighted by atomic mass is 10.3. The fraction of sp³-hybridized carbons (Fsp3) is 0.867. The fourth-order valence-electron chi connectivity index (χ4n) is 1.71. The molecule has 0 heterocycles. The van der Waals surface area contributed by atoms with Crippen molar-refractivity contribution in [1.29, 1.82) is 0 Å². The molecule has 0 unspecified atom stereocenters. The van der Waals surface area contributed by atoms with Crippen molar-refractivity contribution in [3.63, 3.8) is 0 Å². The maximum absolute atomic E-state index is 12.3. The van der Waals surface area contributed by atoms with Crippen LogP contribution < -0.4 is 5.32 Å². The molecule has 0 radical (unpaired) electrons. The van der Waals surface area contributed by atoms with E-state index < -0.39 is 0 Å². The van der Waals surface area contributed by atoms with Crippen molar-refractivity contribution >= 4 is 12.1 Å². The third kappa shape index (κ3) is 6.23. The summed E-state index contributed by atoms with van der Waals surface area (Å²) in [4.78, 5) is 29.4. The summed E-state index contributed by atoms with van der Waals surface area (Å²) in [6.07, 6.45) is 0. The molecule has 0 aromatic heterocycles. The number of carbonyl (C=O) groups is 2. The van der Waals surface area contributed by atoms with Gasteiger partial charge in [0.2, 0.25) is 0 Å². The van der Waals surface area contributed by atoms with Gasteiger partial charge < -0.3 is 20.0 Å². The maximum atomic E-state index is 12.3. The first-order valence-electron chi connectivity index (χ1n) is 7.66. The van der Waals surface area contributed by atoms with Crippen LogP contribution in [0, 0.1) is 0 Å². The quantitative estimate of drug-likeness (QED) is 0.817. The molecule has 0 spiro atoms. The number of likely N-dealkylation sites (N-methyl/N-ethyl adjacent to an activating group) is 1. The third-order valence-corrected chi connectivity index (χ3v) is 3.69. The molecule has 0 aromatic rings. The molecular weight excluding hydrogens is 268 g/mol. The average molecular weight is 300 g/mol. The molecule has 0 saturated carbocycles. The number of amides is 4. The zero-order valence-corrected chi connectivity index (χ0v) is 14.8. The molecule has 6 nitrogen and oxygen atoms in total. The molecular formula is C15H32N4O2. The van der Waals surface area contributed by atoms with Crippen molar-refractivity contribution in [2.75, 3.05) is 27.2 Å². The van der Waals surface area contributed by atoms with Crippen LogP contribution in [0.1, 0.15) is 41.5 Å². The van der Waals surface area contributed by atoms with Gasteiger partial charge in [-0.1, -0.05) is 0 Å². The lowest BCUT2D eigenvalue weighted by Gasteiger charge is -2.32. The van der Waals surface area contributed by atoms with Crippen molar-refractivity contribution in [2.45, 2.75) is 59.7 Å². The Kier molecular flexibility index (Phi) is 8.14. The summed E-state index contributed by atoms with van der Waals surface area (Å²) < 4.78 is 0. The lowest BCUT2D eigenvalue weighted by Crippen LogP contribution is -2.52. The highest BCUT2D eigenvalue weighted by molar-refractivity contribution is 5.75. The summed E-state index contributed by atoms with van der Waals surface area (Å²) in [7, 11) is 3.56. The molecule has 0 bridgehead atoms. The van der Waals surface area contributed by atoms with E-state index in [2.05, 4.69) is 5.32 Å². The molecule has 6 heteroatoms. The van der Waals surface area contributed by atoms with Crippen LogP contribution in [0.2, 0.25) is 0 Å². The number of hydrogen-bond donors (Lipinski definition) is 1. The minimum absolute atomic E-state index is 0.00851. The molecule has 0 aliphatic carbocycles. The number of rotatable bonds is 6. The first kappa shape index (κ1) is 19.5. The van der Waals surface area contributed by atoms with E-state index in [0.717, 1.165) is 0 Å². The van der Waals surface area contributed by atoms with Crippen molar-refractivity contribution in [1.82, 2.24) is 20.0 Å².